The Labute approximate surface area is 174 Å². The maximum Gasteiger partial charge on any atom is 0.325 e. The predicted octanol–water partition coefficient (Wildman–Crippen LogP) is 2.59. The number of carbonyl (C=O) groups excluding carboxylic acids is 4. The van der Waals surface area contributed by atoms with Gasteiger partial charge in [-0.2, -0.15) is 0 Å². The number of esters is 1. The highest BCUT2D eigenvalue weighted by Crippen LogP contribution is 2.12. The third-order valence-electron chi connectivity index (χ3n) is 4.08. The van der Waals surface area contributed by atoms with Gasteiger partial charge in [0.2, 0.25) is 5.91 Å². The lowest BCUT2D eigenvalue weighted by Gasteiger charge is -2.08. The number of anilines is 1. The van der Waals surface area contributed by atoms with Crippen LogP contribution >= 0.6 is 0 Å². The summed E-state index contributed by atoms with van der Waals surface area (Å²) in [6, 6.07) is 12.7. The van der Waals surface area contributed by atoms with Crippen molar-refractivity contribution >= 4 is 29.3 Å². The number of Topliss-reactive ketones (excluding diaryl/α,β-unsaturated/α-hetero) is 1. The average Bonchev–Trinajstić information content (AvgIpc) is 2.76. The zero-order valence-corrected chi connectivity index (χ0v) is 16.9. The van der Waals surface area contributed by atoms with E-state index in [2.05, 4.69) is 10.6 Å². The van der Waals surface area contributed by atoms with Gasteiger partial charge in [0, 0.05) is 23.2 Å². The molecule has 8 heteroatoms. The fourth-order valence-corrected chi connectivity index (χ4v) is 2.47. The van der Waals surface area contributed by atoms with Gasteiger partial charge >= 0.3 is 5.97 Å². The highest BCUT2D eigenvalue weighted by Gasteiger charge is 2.12. The minimum absolute atomic E-state index is 0.0952. The number of ether oxygens (including phenoxy) is 2. The number of benzene rings is 2. The van der Waals surface area contributed by atoms with Gasteiger partial charge in [0.05, 0.1) is 7.11 Å². The van der Waals surface area contributed by atoms with Crippen LogP contribution in [-0.4, -0.2) is 43.8 Å². The molecule has 0 heterocycles. The number of hydrogen-bond acceptors (Lipinski definition) is 6. The van der Waals surface area contributed by atoms with Crippen LogP contribution < -0.4 is 15.4 Å². The van der Waals surface area contributed by atoms with Crippen molar-refractivity contribution in [3.8, 4) is 5.75 Å². The number of hydrogen-bond donors (Lipinski definition) is 2. The second kappa shape index (κ2) is 11.4. The van der Waals surface area contributed by atoms with Crippen LogP contribution in [0.3, 0.4) is 0 Å². The van der Waals surface area contributed by atoms with E-state index in [1.165, 1.54) is 7.11 Å². The van der Waals surface area contributed by atoms with E-state index in [1.54, 1.807) is 48.5 Å². The van der Waals surface area contributed by atoms with Crippen LogP contribution in [0, 0.1) is 0 Å². The van der Waals surface area contributed by atoms with E-state index in [4.69, 9.17) is 9.47 Å². The SMILES string of the molecule is CCCC(=O)Nc1ccc(C(=O)COC(=O)CNC(=O)c2ccc(OC)cc2)cc1. The van der Waals surface area contributed by atoms with Gasteiger partial charge in [0.15, 0.2) is 12.4 Å². The maximum atomic E-state index is 12.1. The van der Waals surface area contributed by atoms with E-state index >= 15 is 0 Å². The first-order valence-electron chi connectivity index (χ1n) is 9.44. The summed E-state index contributed by atoms with van der Waals surface area (Å²) in [6.07, 6.45) is 1.17. The largest absolute Gasteiger partial charge is 0.497 e. The Morgan fingerprint density at radius 2 is 1.53 bits per heavy atom. The minimum atomic E-state index is -0.728. The monoisotopic (exact) mass is 412 g/mol. The molecule has 0 bridgehead atoms. The van der Waals surface area contributed by atoms with Crippen LogP contribution in [0.15, 0.2) is 48.5 Å². The van der Waals surface area contributed by atoms with Gasteiger partial charge in [-0.1, -0.05) is 6.92 Å². The van der Waals surface area contributed by atoms with E-state index < -0.39 is 24.3 Å². The normalized spacial score (nSPS) is 10.1. The fourth-order valence-electron chi connectivity index (χ4n) is 2.47. The molecule has 0 fully saturated rings. The van der Waals surface area contributed by atoms with Crippen LogP contribution in [0.5, 0.6) is 5.75 Å². The van der Waals surface area contributed by atoms with E-state index in [0.717, 1.165) is 6.42 Å². The quantitative estimate of drug-likeness (QED) is 0.458. The Morgan fingerprint density at radius 3 is 2.13 bits per heavy atom. The standard InChI is InChI=1S/C22H24N2O6/c1-3-4-20(26)24-17-9-5-15(6-10-17)19(25)14-30-21(27)13-23-22(28)16-7-11-18(29-2)12-8-16/h5-12H,3-4,13-14H2,1-2H3,(H,23,28)(H,24,26). The number of ketones is 1. The summed E-state index contributed by atoms with van der Waals surface area (Å²) in [4.78, 5) is 47.5. The molecule has 2 rings (SSSR count). The second-order valence-electron chi connectivity index (χ2n) is 6.37. The van der Waals surface area contributed by atoms with E-state index in [9.17, 15) is 19.2 Å². The smallest absolute Gasteiger partial charge is 0.325 e. The Kier molecular flexibility index (Phi) is 8.56. The van der Waals surface area contributed by atoms with Gasteiger partial charge in [-0.25, -0.2) is 0 Å². The van der Waals surface area contributed by atoms with E-state index in [1.807, 2.05) is 6.92 Å². The molecule has 2 N–H and O–H groups in total. The lowest BCUT2D eigenvalue weighted by molar-refractivity contribution is -0.141. The Hall–Kier alpha value is -3.68. The van der Waals surface area contributed by atoms with Gasteiger partial charge in [-0.15, -0.1) is 0 Å². The molecule has 2 aromatic rings. The van der Waals surface area contributed by atoms with Crippen LogP contribution in [0.1, 0.15) is 40.5 Å². The van der Waals surface area contributed by atoms with Crippen LogP contribution in [0.2, 0.25) is 0 Å². The topological polar surface area (TPSA) is 111 Å². The highest BCUT2D eigenvalue weighted by molar-refractivity contribution is 5.99. The predicted molar refractivity (Wildman–Crippen MR) is 111 cm³/mol. The molecule has 0 unspecified atom stereocenters. The van der Waals surface area contributed by atoms with Crippen molar-refractivity contribution in [3.63, 3.8) is 0 Å². The second-order valence-corrected chi connectivity index (χ2v) is 6.37. The third kappa shape index (κ3) is 7.05. The number of methoxy groups -OCH3 is 1. The molecule has 0 saturated carbocycles. The lowest BCUT2D eigenvalue weighted by atomic mass is 10.1. The summed E-state index contributed by atoms with van der Waals surface area (Å²) in [5.41, 5.74) is 1.30. The van der Waals surface area contributed by atoms with E-state index in [0.29, 0.717) is 29.0 Å². The molecule has 8 nitrogen and oxygen atoms in total. The molecule has 0 atom stereocenters. The van der Waals surface area contributed by atoms with Gasteiger partial charge in [0.1, 0.15) is 12.3 Å². The molecule has 0 radical (unpaired) electrons. The summed E-state index contributed by atoms with van der Waals surface area (Å²) in [7, 11) is 1.52. The highest BCUT2D eigenvalue weighted by atomic mass is 16.5. The van der Waals surface area contributed by atoms with Crippen molar-refractivity contribution in [2.75, 3.05) is 25.6 Å². The molecule has 0 aromatic heterocycles. The zero-order chi connectivity index (χ0) is 21.9. The molecule has 30 heavy (non-hydrogen) atoms. The first-order chi connectivity index (χ1) is 14.4. The maximum absolute atomic E-state index is 12.1. The van der Waals surface area contributed by atoms with Crippen molar-refractivity contribution in [2.24, 2.45) is 0 Å². The van der Waals surface area contributed by atoms with E-state index in [-0.39, 0.29) is 12.5 Å². The van der Waals surface area contributed by atoms with Crippen molar-refractivity contribution in [1.82, 2.24) is 5.32 Å². The Bertz CT molecular complexity index is 891. The van der Waals surface area contributed by atoms with Gasteiger partial charge in [-0.05, 0) is 55.0 Å². The third-order valence-corrected chi connectivity index (χ3v) is 4.08. The van der Waals surface area contributed by atoms with Gasteiger partial charge in [0.25, 0.3) is 5.91 Å². The van der Waals surface area contributed by atoms with Gasteiger partial charge < -0.3 is 20.1 Å². The number of nitrogens with one attached hydrogen (secondary N) is 2. The molecular formula is C22H24N2O6. The molecule has 0 spiro atoms. The number of rotatable bonds is 10. The lowest BCUT2D eigenvalue weighted by Crippen LogP contribution is -2.31. The van der Waals surface area contributed by atoms with Crippen LogP contribution in [0.25, 0.3) is 0 Å². The summed E-state index contributed by atoms with van der Waals surface area (Å²) >= 11 is 0. The molecule has 0 saturated heterocycles. The first kappa shape index (κ1) is 22.6. The van der Waals surface area contributed by atoms with Crippen molar-refractivity contribution in [3.05, 3.63) is 59.7 Å². The molecule has 0 aliphatic rings. The van der Waals surface area contributed by atoms with Gasteiger partial charge in [-0.3, -0.25) is 19.2 Å². The summed E-state index contributed by atoms with van der Waals surface area (Å²) < 4.78 is 9.93. The van der Waals surface area contributed by atoms with Crippen LogP contribution in [0.4, 0.5) is 5.69 Å². The molecule has 2 aromatic carbocycles. The van der Waals surface area contributed by atoms with Crippen molar-refractivity contribution in [2.45, 2.75) is 19.8 Å². The summed E-state index contributed by atoms with van der Waals surface area (Å²) in [6.45, 7) is 1.10. The average molecular weight is 412 g/mol. The van der Waals surface area contributed by atoms with Crippen molar-refractivity contribution in [1.29, 1.82) is 0 Å². The molecule has 158 valence electrons. The molecule has 0 aliphatic carbocycles. The number of carbonyl (C=O) groups is 4. The van der Waals surface area contributed by atoms with Crippen LogP contribution in [-0.2, 0) is 14.3 Å². The first-order valence-corrected chi connectivity index (χ1v) is 9.44. The fraction of sp³-hybridized carbons (Fsp3) is 0.273. The Balaban J connectivity index is 1.76. The molecule has 0 aliphatic heterocycles. The van der Waals surface area contributed by atoms with Crippen molar-refractivity contribution < 1.29 is 28.7 Å². The zero-order valence-electron chi connectivity index (χ0n) is 16.9. The molecular weight excluding hydrogens is 388 g/mol. The summed E-state index contributed by atoms with van der Waals surface area (Å²) in [5.74, 6) is -1.05. The molecule has 2 amide bonds. The summed E-state index contributed by atoms with van der Waals surface area (Å²) in [5, 5.41) is 5.15. The number of amides is 2. The minimum Gasteiger partial charge on any atom is -0.497 e. The Morgan fingerprint density at radius 1 is 0.900 bits per heavy atom.